The number of anilines is 1. The highest BCUT2D eigenvalue weighted by molar-refractivity contribution is 5.90. The molecule has 2 amide bonds. The third-order valence-electron chi connectivity index (χ3n) is 3.92. The number of nitro groups is 1. The number of hydrogen-bond donors (Lipinski definition) is 2. The van der Waals surface area contributed by atoms with Crippen LogP contribution in [0.5, 0.6) is 0 Å². The Morgan fingerprint density at radius 2 is 2.14 bits per heavy atom. The van der Waals surface area contributed by atoms with Gasteiger partial charge in [0.2, 0.25) is 0 Å². The monoisotopic (exact) mass is 307 g/mol. The molecule has 0 spiro atoms. The van der Waals surface area contributed by atoms with E-state index in [-0.39, 0.29) is 12.2 Å². The smallest absolute Gasteiger partial charge is 0.321 e. The van der Waals surface area contributed by atoms with Gasteiger partial charge in [-0.1, -0.05) is 0 Å². The highest BCUT2D eigenvalue weighted by atomic mass is 16.6. The van der Waals surface area contributed by atoms with Gasteiger partial charge in [0.1, 0.15) is 0 Å². The lowest BCUT2D eigenvalue weighted by molar-refractivity contribution is -0.385. The summed E-state index contributed by atoms with van der Waals surface area (Å²) in [6, 6.07) is 3.90. The van der Waals surface area contributed by atoms with Crippen LogP contribution in [0, 0.1) is 22.5 Å². The highest BCUT2D eigenvalue weighted by Gasteiger charge is 2.42. The second-order valence-corrected chi connectivity index (χ2v) is 5.73. The van der Waals surface area contributed by atoms with Crippen LogP contribution >= 0.6 is 0 Å². The molecule has 1 aliphatic rings. The molecule has 0 bridgehead atoms. The number of benzene rings is 1. The van der Waals surface area contributed by atoms with Gasteiger partial charge < -0.3 is 15.3 Å². The number of rotatable bonds is 3. The first kappa shape index (κ1) is 15.7. The number of carbonyl (C=O) groups excluding carboxylic acids is 1. The first-order valence-corrected chi connectivity index (χ1v) is 6.77. The minimum absolute atomic E-state index is 0.0161. The molecule has 0 saturated carbocycles. The molecule has 118 valence electrons. The SMILES string of the molecule is Cc1cc(NC(=O)N2CCC(C)(C(=O)O)C2)ccc1[N+](=O)[O-]. The van der Waals surface area contributed by atoms with Gasteiger partial charge >= 0.3 is 12.0 Å². The maximum Gasteiger partial charge on any atom is 0.321 e. The Hall–Kier alpha value is -2.64. The Labute approximate surface area is 126 Å². The summed E-state index contributed by atoms with van der Waals surface area (Å²) in [5.41, 5.74) is -0.0582. The molecule has 1 fully saturated rings. The van der Waals surface area contributed by atoms with Gasteiger partial charge in [0.25, 0.3) is 5.69 Å². The van der Waals surface area contributed by atoms with Gasteiger partial charge in [-0.05, 0) is 32.4 Å². The maximum absolute atomic E-state index is 12.1. The molecule has 0 aliphatic carbocycles. The fraction of sp³-hybridized carbons (Fsp3) is 0.429. The second-order valence-electron chi connectivity index (χ2n) is 5.73. The molecule has 1 heterocycles. The molecule has 2 N–H and O–H groups in total. The molecule has 0 radical (unpaired) electrons. The first-order chi connectivity index (χ1) is 10.2. The summed E-state index contributed by atoms with van der Waals surface area (Å²) in [6.45, 7) is 3.70. The number of nitrogens with zero attached hydrogens (tertiary/aromatic N) is 2. The lowest BCUT2D eigenvalue weighted by atomic mass is 9.90. The molecule has 2 rings (SSSR count). The first-order valence-electron chi connectivity index (χ1n) is 6.77. The van der Waals surface area contributed by atoms with Crippen LogP contribution in [0.4, 0.5) is 16.2 Å². The number of amides is 2. The zero-order valence-electron chi connectivity index (χ0n) is 12.3. The van der Waals surface area contributed by atoms with Gasteiger partial charge in [-0.25, -0.2) is 4.79 Å². The summed E-state index contributed by atoms with van der Waals surface area (Å²) in [5, 5.41) is 22.6. The van der Waals surface area contributed by atoms with Crippen molar-refractivity contribution in [2.24, 2.45) is 5.41 Å². The summed E-state index contributed by atoms with van der Waals surface area (Å²) in [6.07, 6.45) is 0.398. The van der Waals surface area contributed by atoms with Gasteiger partial charge in [0, 0.05) is 30.4 Å². The third-order valence-corrected chi connectivity index (χ3v) is 3.92. The molecule has 8 nitrogen and oxygen atoms in total. The van der Waals surface area contributed by atoms with Crippen LogP contribution in [0.3, 0.4) is 0 Å². The van der Waals surface area contributed by atoms with Crippen molar-refractivity contribution in [2.75, 3.05) is 18.4 Å². The fourth-order valence-electron chi connectivity index (χ4n) is 2.45. The van der Waals surface area contributed by atoms with Crippen LogP contribution in [-0.2, 0) is 4.79 Å². The third kappa shape index (κ3) is 3.00. The highest BCUT2D eigenvalue weighted by Crippen LogP contribution is 2.30. The standard InChI is InChI=1S/C14H17N3O5/c1-9-7-10(3-4-11(9)17(21)22)15-13(20)16-6-5-14(2,8-16)12(18)19/h3-4,7H,5-6,8H2,1-2H3,(H,15,20)(H,18,19). The van der Waals surface area contributed by atoms with Crippen LogP contribution in [0.2, 0.25) is 0 Å². The second kappa shape index (κ2) is 5.63. The molecule has 1 aromatic carbocycles. The van der Waals surface area contributed by atoms with E-state index < -0.39 is 22.3 Å². The van der Waals surface area contributed by atoms with Crippen LogP contribution in [0.1, 0.15) is 18.9 Å². The topological polar surface area (TPSA) is 113 Å². The number of nitro benzene ring substituents is 1. The number of hydrogen-bond acceptors (Lipinski definition) is 4. The molecule has 0 aromatic heterocycles. The fourth-order valence-corrected chi connectivity index (χ4v) is 2.45. The minimum atomic E-state index is -0.928. The Morgan fingerprint density at radius 3 is 2.64 bits per heavy atom. The van der Waals surface area contributed by atoms with Crippen molar-refractivity contribution < 1.29 is 19.6 Å². The van der Waals surface area contributed by atoms with Crippen LogP contribution < -0.4 is 5.32 Å². The van der Waals surface area contributed by atoms with E-state index in [9.17, 15) is 19.7 Å². The molecule has 22 heavy (non-hydrogen) atoms. The van der Waals surface area contributed by atoms with Crippen molar-refractivity contribution in [3.63, 3.8) is 0 Å². The summed E-state index contributed by atoms with van der Waals surface area (Å²) >= 11 is 0. The van der Waals surface area contributed by atoms with Gasteiger partial charge in [0.05, 0.1) is 10.3 Å². The predicted molar refractivity (Wildman–Crippen MR) is 78.8 cm³/mol. The zero-order chi connectivity index (χ0) is 16.5. The number of aryl methyl sites for hydroxylation is 1. The van der Waals surface area contributed by atoms with Crippen molar-refractivity contribution in [2.45, 2.75) is 20.3 Å². The molecule has 1 saturated heterocycles. The summed E-state index contributed by atoms with van der Waals surface area (Å²) in [7, 11) is 0. The van der Waals surface area contributed by atoms with E-state index in [2.05, 4.69) is 5.32 Å². The van der Waals surface area contributed by atoms with Crippen molar-refractivity contribution >= 4 is 23.4 Å². The van der Waals surface area contributed by atoms with Gasteiger partial charge in [-0.15, -0.1) is 0 Å². The van der Waals surface area contributed by atoms with Crippen molar-refractivity contribution in [3.05, 3.63) is 33.9 Å². The van der Waals surface area contributed by atoms with E-state index in [1.807, 2.05) is 0 Å². The number of aliphatic carboxylic acids is 1. The van der Waals surface area contributed by atoms with E-state index >= 15 is 0 Å². The summed E-state index contributed by atoms with van der Waals surface area (Å²) in [4.78, 5) is 35.0. The van der Waals surface area contributed by atoms with Crippen molar-refractivity contribution in [3.8, 4) is 0 Å². The minimum Gasteiger partial charge on any atom is -0.481 e. The molecule has 8 heteroatoms. The summed E-state index contributed by atoms with van der Waals surface area (Å²) in [5.74, 6) is -0.922. The Morgan fingerprint density at radius 1 is 1.45 bits per heavy atom. The average Bonchev–Trinajstić information content (AvgIpc) is 2.82. The Balaban J connectivity index is 2.06. The predicted octanol–water partition coefficient (Wildman–Crippen LogP) is 2.23. The maximum atomic E-state index is 12.1. The number of likely N-dealkylation sites (tertiary alicyclic amines) is 1. The molecule has 1 unspecified atom stereocenters. The van der Waals surface area contributed by atoms with E-state index in [0.29, 0.717) is 24.2 Å². The molecular formula is C14H17N3O5. The number of carbonyl (C=O) groups is 2. The van der Waals surface area contributed by atoms with Gasteiger partial charge in [-0.2, -0.15) is 0 Å². The number of nitrogens with one attached hydrogen (secondary N) is 1. The van der Waals surface area contributed by atoms with Crippen molar-refractivity contribution in [1.82, 2.24) is 4.90 Å². The van der Waals surface area contributed by atoms with Crippen LogP contribution in [0.25, 0.3) is 0 Å². The van der Waals surface area contributed by atoms with E-state index in [1.165, 1.54) is 23.1 Å². The Bertz CT molecular complexity index is 645. The normalized spacial score (nSPS) is 20.7. The Kier molecular flexibility index (Phi) is 4.03. The average molecular weight is 307 g/mol. The van der Waals surface area contributed by atoms with Gasteiger partial charge in [0.15, 0.2) is 0 Å². The van der Waals surface area contributed by atoms with E-state index in [4.69, 9.17) is 5.11 Å². The quantitative estimate of drug-likeness (QED) is 0.656. The largest absolute Gasteiger partial charge is 0.481 e. The lowest BCUT2D eigenvalue weighted by Crippen LogP contribution is -2.37. The van der Waals surface area contributed by atoms with Crippen LogP contribution in [-0.4, -0.2) is 40.0 Å². The van der Waals surface area contributed by atoms with Crippen LogP contribution in [0.15, 0.2) is 18.2 Å². The zero-order valence-corrected chi connectivity index (χ0v) is 12.3. The number of carboxylic acids is 1. The number of urea groups is 1. The van der Waals surface area contributed by atoms with E-state index in [1.54, 1.807) is 13.8 Å². The molecular weight excluding hydrogens is 290 g/mol. The molecule has 1 aliphatic heterocycles. The van der Waals surface area contributed by atoms with E-state index in [0.717, 1.165) is 0 Å². The molecule has 1 atom stereocenters. The van der Waals surface area contributed by atoms with Crippen molar-refractivity contribution in [1.29, 1.82) is 0 Å². The molecule has 1 aromatic rings. The number of carboxylic acid groups (broad SMARTS) is 1. The lowest BCUT2D eigenvalue weighted by Gasteiger charge is -2.20. The van der Waals surface area contributed by atoms with Gasteiger partial charge in [-0.3, -0.25) is 14.9 Å². The summed E-state index contributed by atoms with van der Waals surface area (Å²) < 4.78 is 0.